The number of non-ortho nitro benzene ring substituents is 1. The zero-order valence-corrected chi connectivity index (χ0v) is 8.98. The minimum Gasteiger partial charge on any atom is -0.294 e. The average Bonchev–Trinajstić information content (AvgIpc) is 2.26. The number of rotatable bonds is 3. The lowest BCUT2D eigenvalue weighted by Crippen LogP contribution is -2.03. The molecule has 0 spiro atoms. The van der Waals surface area contributed by atoms with Crippen molar-refractivity contribution in [2.24, 2.45) is 0 Å². The molecule has 5 heteroatoms. The zero-order valence-electron chi connectivity index (χ0n) is 8.98. The third-order valence-corrected chi connectivity index (χ3v) is 2.29. The Balaban J connectivity index is 3.57. The number of nitro groups is 1. The largest absolute Gasteiger partial charge is 0.294 e. The molecule has 0 atom stereocenters. The number of nitrogens with zero attached hydrogens (tertiary/aromatic N) is 2. The summed E-state index contributed by atoms with van der Waals surface area (Å²) in [4.78, 5) is 21.4. The number of nitriles is 1. The van der Waals surface area contributed by atoms with Crippen LogP contribution >= 0.6 is 0 Å². The summed E-state index contributed by atoms with van der Waals surface area (Å²) in [6, 6.07) is 4.41. The number of benzene rings is 1. The van der Waals surface area contributed by atoms with Crippen LogP contribution in [0.2, 0.25) is 0 Å². The van der Waals surface area contributed by atoms with E-state index in [0.717, 1.165) is 6.07 Å². The summed E-state index contributed by atoms with van der Waals surface area (Å²) in [6.45, 7) is 3.07. The predicted molar refractivity (Wildman–Crippen MR) is 57.2 cm³/mol. The van der Waals surface area contributed by atoms with Crippen molar-refractivity contribution in [3.63, 3.8) is 0 Å². The van der Waals surface area contributed by atoms with Crippen LogP contribution in [0.25, 0.3) is 0 Å². The lowest BCUT2D eigenvalue weighted by molar-refractivity contribution is -0.384. The molecule has 0 saturated heterocycles. The Labute approximate surface area is 92.5 Å². The molecular weight excluding hydrogens is 208 g/mol. The number of hydrogen-bond donors (Lipinski definition) is 0. The Morgan fingerprint density at radius 1 is 1.56 bits per heavy atom. The van der Waals surface area contributed by atoms with E-state index in [0.29, 0.717) is 12.0 Å². The number of aryl methyl sites for hydroxylation is 1. The highest BCUT2D eigenvalue weighted by atomic mass is 16.6. The fourth-order valence-electron chi connectivity index (χ4n) is 1.48. The van der Waals surface area contributed by atoms with E-state index in [-0.39, 0.29) is 22.6 Å². The van der Waals surface area contributed by atoms with Crippen LogP contribution in [-0.4, -0.2) is 10.7 Å². The van der Waals surface area contributed by atoms with Crippen LogP contribution in [0, 0.1) is 21.4 Å². The summed E-state index contributed by atoms with van der Waals surface area (Å²) in [6.07, 6.45) is 0.477. The van der Waals surface area contributed by atoms with Gasteiger partial charge in [0.15, 0.2) is 5.78 Å². The topological polar surface area (TPSA) is 84.0 Å². The van der Waals surface area contributed by atoms with Crippen molar-refractivity contribution in [1.82, 2.24) is 0 Å². The second kappa shape index (κ2) is 4.53. The van der Waals surface area contributed by atoms with E-state index in [1.54, 1.807) is 6.92 Å². The highest BCUT2D eigenvalue weighted by molar-refractivity contribution is 5.97. The van der Waals surface area contributed by atoms with E-state index in [2.05, 4.69) is 0 Å². The molecule has 0 saturated carbocycles. The molecule has 0 unspecified atom stereocenters. The Hall–Kier alpha value is -2.22. The van der Waals surface area contributed by atoms with E-state index < -0.39 is 4.92 Å². The summed E-state index contributed by atoms with van der Waals surface area (Å²) < 4.78 is 0. The molecule has 0 amide bonds. The maximum atomic E-state index is 11.3. The van der Waals surface area contributed by atoms with Gasteiger partial charge in [-0.15, -0.1) is 0 Å². The normalized spacial score (nSPS) is 9.56. The quantitative estimate of drug-likeness (QED) is 0.442. The van der Waals surface area contributed by atoms with Crippen LogP contribution in [0.5, 0.6) is 0 Å². The van der Waals surface area contributed by atoms with Gasteiger partial charge in [-0.25, -0.2) is 0 Å². The van der Waals surface area contributed by atoms with Crippen molar-refractivity contribution in [3.05, 3.63) is 38.9 Å². The van der Waals surface area contributed by atoms with Gasteiger partial charge in [-0.1, -0.05) is 6.92 Å². The van der Waals surface area contributed by atoms with Gasteiger partial charge < -0.3 is 0 Å². The summed E-state index contributed by atoms with van der Waals surface area (Å²) in [5.74, 6) is -0.338. The van der Waals surface area contributed by atoms with Gasteiger partial charge in [-0.2, -0.15) is 5.26 Å². The molecule has 0 bridgehead atoms. The Morgan fingerprint density at radius 3 is 2.56 bits per heavy atom. The number of carbonyl (C=O) groups excluding carboxylic acids is 1. The van der Waals surface area contributed by atoms with E-state index in [1.807, 2.05) is 6.07 Å². The maximum absolute atomic E-state index is 11.3. The molecule has 0 aliphatic carbocycles. The Morgan fingerprint density at radius 2 is 2.19 bits per heavy atom. The number of hydrogen-bond acceptors (Lipinski definition) is 4. The lowest BCUT2D eigenvalue weighted by atomic mass is 9.97. The summed E-state index contributed by atoms with van der Waals surface area (Å²) in [5, 5.41) is 19.6. The summed E-state index contributed by atoms with van der Waals surface area (Å²) in [7, 11) is 0. The molecule has 1 aromatic rings. The molecule has 0 fully saturated rings. The second-order valence-corrected chi connectivity index (χ2v) is 3.31. The number of carbonyl (C=O) groups is 1. The third-order valence-electron chi connectivity index (χ3n) is 2.29. The van der Waals surface area contributed by atoms with Crippen molar-refractivity contribution < 1.29 is 9.72 Å². The SMILES string of the molecule is CCc1cc([N+](=O)[O-])cc(C(C)=O)c1C#N. The van der Waals surface area contributed by atoms with Gasteiger partial charge in [-0.05, 0) is 18.9 Å². The number of nitro benzene ring substituents is 1. The molecule has 0 N–H and O–H groups in total. The van der Waals surface area contributed by atoms with Crippen molar-refractivity contribution in [1.29, 1.82) is 5.26 Å². The number of Topliss-reactive ketones (excluding diaryl/α,β-unsaturated/α-hetero) is 1. The van der Waals surface area contributed by atoms with E-state index in [1.165, 1.54) is 13.0 Å². The molecule has 0 heterocycles. The third kappa shape index (κ3) is 2.06. The highest BCUT2D eigenvalue weighted by Gasteiger charge is 2.17. The highest BCUT2D eigenvalue weighted by Crippen LogP contribution is 2.23. The molecule has 0 radical (unpaired) electrons. The van der Waals surface area contributed by atoms with Crippen LogP contribution in [0.4, 0.5) is 5.69 Å². The van der Waals surface area contributed by atoms with Crippen molar-refractivity contribution in [2.45, 2.75) is 20.3 Å². The predicted octanol–water partition coefficient (Wildman–Crippen LogP) is 2.23. The van der Waals surface area contributed by atoms with Gasteiger partial charge in [0.05, 0.1) is 10.5 Å². The minimum absolute atomic E-state index is 0.119. The first-order chi connectivity index (χ1) is 7.51. The minimum atomic E-state index is -0.563. The Bertz CT molecular complexity index is 501. The summed E-state index contributed by atoms with van der Waals surface area (Å²) >= 11 is 0. The molecule has 0 aliphatic heterocycles. The molecular formula is C11H10N2O3. The van der Waals surface area contributed by atoms with Gasteiger partial charge in [0.2, 0.25) is 0 Å². The monoisotopic (exact) mass is 218 g/mol. The van der Waals surface area contributed by atoms with Crippen molar-refractivity contribution in [3.8, 4) is 6.07 Å². The fraction of sp³-hybridized carbons (Fsp3) is 0.273. The first-order valence-corrected chi connectivity index (χ1v) is 4.73. The molecule has 5 nitrogen and oxygen atoms in total. The van der Waals surface area contributed by atoms with Crippen LogP contribution in [0.3, 0.4) is 0 Å². The first kappa shape index (κ1) is 11.9. The van der Waals surface area contributed by atoms with Crippen LogP contribution in [0.15, 0.2) is 12.1 Å². The zero-order chi connectivity index (χ0) is 12.3. The van der Waals surface area contributed by atoms with E-state index in [4.69, 9.17) is 5.26 Å². The van der Waals surface area contributed by atoms with E-state index in [9.17, 15) is 14.9 Å². The standard InChI is InChI=1S/C11H10N2O3/c1-3-8-4-9(13(15)16)5-10(7(2)14)11(8)6-12/h4-5H,3H2,1-2H3. The summed E-state index contributed by atoms with van der Waals surface area (Å²) in [5.41, 5.74) is 0.733. The number of ketones is 1. The van der Waals surface area contributed by atoms with Gasteiger partial charge in [0.25, 0.3) is 5.69 Å². The molecule has 1 aromatic carbocycles. The smallest absolute Gasteiger partial charge is 0.270 e. The van der Waals surface area contributed by atoms with Crippen LogP contribution in [-0.2, 0) is 6.42 Å². The molecule has 1 rings (SSSR count). The van der Waals surface area contributed by atoms with E-state index >= 15 is 0 Å². The Kier molecular flexibility index (Phi) is 3.36. The molecule has 0 aromatic heterocycles. The molecule has 16 heavy (non-hydrogen) atoms. The first-order valence-electron chi connectivity index (χ1n) is 4.73. The fourth-order valence-corrected chi connectivity index (χ4v) is 1.48. The van der Waals surface area contributed by atoms with Crippen LogP contribution in [0.1, 0.15) is 35.3 Å². The van der Waals surface area contributed by atoms with Crippen molar-refractivity contribution in [2.75, 3.05) is 0 Å². The van der Waals surface area contributed by atoms with Gasteiger partial charge in [0.1, 0.15) is 6.07 Å². The lowest BCUT2D eigenvalue weighted by Gasteiger charge is -2.05. The van der Waals surface area contributed by atoms with Gasteiger partial charge in [-0.3, -0.25) is 14.9 Å². The van der Waals surface area contributed by atoms with Crippen molar-refractivity contribution >= 4 is 11.5 Å². The van der Waals surface area contributed by atoms with Gasteiger partial charge in [0, 0.05) is 17.7 Å². The second-order valence-electron chi connectivity index (χ2n) is 3.31. The van der Waals surface area contributed by atoms with Crippen LogP contribution < -0.4 is 0 Å². The average molecular weight is 218 g/mol. The molecule has 82 valence electrons. The van der Waals surface area contributed by atoms with Gasteiger partial charge >= 0.3 is 0 Å². The maximum Gasteiger partial charge on any atom is 0.270 e. The molecule has 0 aliphatic rings.